The highest BCUT2D eigenvalue weighted by Gasteiger charge is 2.54. The van der Waals surface area contributed by atoms with Gasteiger partial charge in [0.25, 0.3) is 0 Å². The third kappa shape index (κ3) is 2.74. The minimum absolute atomic E-state index is 0.291. The summed E-state index contributed by atoms with van der Waals surface area (Å²) in [6.45, 7) is 8.55. The summed E-state index contributed by atoms with van der Waals surface area (Å²) in [5.74, 6) is 2.19. The van der Waals surface area contributed by atoms with Crippen LogP contribution < -0.4 is 0 Å². The molecule has 2 nitrogen and oxygen atoms in total. The summed E-state index contributed by atoms with van der Waals surface area (Å²) in [6.07, 6.45) is 7.22. The number of hydrogen-bond acceptors (Lipinski definition) is 2. The van der Waals surface area contributed by atoms with E-state index in [0.29, 0.717) is 29.7 Å². The van der Waals surface area contributed by atoms with Gasteiger partial charge in [0.15, 0.2) is 0 Å². The van der Waals surface area contributed by atoms with E-state index in [2.05, 4.69) is 56.0 Å². The van der Waals surface area contributed by atoms with Crippen LogP contribution in [0, 0.1) is 17.8 Å². The Labute approximate surface area is 141 Å². The first kappa shape index (κ1) is 15.7. The highest BCUT2D eigenvalue weighted by molar-refractivity contribution is 5.16. The lowest BCUT2D eigenvalue weighted by Gasteiger charge is -2.56. The summed E-state index contributed by atoms with van der Waals surface area (Å²) in [6, 6.07) is 11.0. The standard InChI is InChI=1S/C21H31NO/c1-15-9-10-18-19(13-15)23-20-17(11-12-22(20)21(18,2)3)14-16-7-5-4-6-8-16/h4-8,15,17-20H,9-14H2,1-3H3/t15-,17+,18-,19-,20+/m1/s1. The predicted octanol–water partition coefficient (Wildman–Crippen LogP) is 4.49. The van der Waals surface area contributed by atoms with Gasteiger partial charge in [-0.2, -0.15) is 0 Å². The first-order chi connectivity index (χ1) is 11.1. The molecule has 0 spiro atoms. The fraction of sp³-hybridized carbons (Fsp3) is 0.714. The third-order valence-corrected chi connectivity index (χ3v) is 6.81. The van der Waals surface area contributed by atoms with E-state index in [0.717, 1.165) is 12.3 Å². The van der Waals surface area contributed by atoms with Crippen LogP contribution in [0.4, 0.5) is 0 Å². The molecule has 2 heterocycles. The molecule has 23 heavy (non-hydrogen) atoms. The van der Waals surface area contributed by atoms with Crippen molar-refractivity contribution in [1.82, 2.24) is 4.90 Å². The van der Waals surface area contributed by atoms with Gasteiger partial charge in [-0.1, -0.05) is 43.7 Å². The molecule has 0 radical (unpaired) electrons. The number of benzene rings is 1. The van der Waals surface area contributed by atoms with Crippen molar-refractivity contribution in [2.75, 3.05) is 6.54 Å². The number of hydrogen-bond donors (Lipinski definition) is 0. The van der Waals surface area contributed by atoms with E-state index in [1.54, 1.807) is 0 Å². The highest BCUT2D eigenvalue weighted by atomic mass is 16.5. The summed E-state index contributed by atoms with van der Waals surface area (Å²) in [7, 11) is 0. The average molecular weight is 313 g/mol. The van der Waals surface area contributed by atoms with Crippen molar-refractivity contribution in [2.24, 2.45) is 17.8 Å². The van der Waals surface area contributed by atoms with Crippen molar-refractivity contribution in [2.45, 2.75) is 70.7 Å². The van der Waals surface area contributed by atoms with E-state index in [-0.39, 0.29) is 0 Å². The third-order valence-electron chi connectivity index (χ3n) is 6.81. The van der Waals surface area contributed by atoms with Crippen molar-refractivity contribution in [3.8, 4) is 0 Å². The molecule has 1 aromatic carbocycles. The number of nitrogens with zero attached hydrogens (tertiary/aromatic N) is 1. The van der Waals surface area contributed by atoms with Crippen molar-refractivity contribution in [1.29, 1.82) is 0 Å². The Balaban J connectivity index is 1.54. The minimum atomic E-state index is 0.291. The fourth-order valence-electron chi connectivity index (χ4n) is 5.43. The smallest absolute Gasteiger partial charge is 0.114 e. The molecule has 2 saturated heterocycles. The maximum absolute atomic E-state index is 6.73. The zero-order valence-electron chi connectivity index (χ0n) is 14.9. The zero-order chi connectivity index (χ0) is 16.0. The van der Waals surface area contributed by atoms with Crippen LogP contribution in [0.1, 0.15) is 52.0 Å². The molecule has 3 fully saturated rings. The number of fused-ring (bicyclic) bond motifs is 2. The summed E-state index contributed by atoms with van der Waals surface area (Å²) in [5.41, 5.74) is 1.75. The van der Waals surface area contributed by atoms with Gasteiger partial charge in [0.2, 0.25) is 0 Å². The van der Waals surface area contributed by atoms with Gasteiger partial charge in [0.05, 0.1) is 6.10 Å². The fourth-order valence-corrected chi connectivity index (χ4v) is 5.43. The van der Waals surface area contributed by atoms with Gasteiger partial charge < -0.3 is 4.74 Å². The first-order valence-corrected chi connectivity index (χ1v) is 9.52. The molecule has 2 aliphatic heterocycles. The monoisotopic (exact) mass is 313 g/mol. The van der Waals surface area contributed by atoms with Crippen LogP contribution in [0.5, 0.6) is 0 Å². The quantitative estimate of drug-likeness (QED) is 0.797. The molecule has 1 aliphatic carbocycles. The van der Waals surface area contributed by atoms with Crippen LogP contribution >= 0.6 is 0 Å². The Bertz CT molecular complexity index is 540. The van der Waals surface area contributed by atoms with Gasteiger partial charge in [-0.25, -0.2) is 0 Å². The highest BCUT2D eigenvalue weighted by Crippen LogP contribution is 2.49. The molecule has 0 aromatic heterocycles. The van der Waals surface area contributed by atoms with Gasteiger partial charge in [-0.05, 0) is 51.0 Å². The maximum Gasteiger partial charge on any atom is 0.114 e. The first-order valence-electron chi connectivity index (χ1n) is 9.52. The van der Waals surface area contributed by atoms with Gasteiger partial charge in [0.1, 0.15) is 6.23 Å². The van der Waals surface area contributed by atoms with Crippen molar-refractivity contribution >= 4 is 0 Å². The van der Waals surface area contributed by atoms with E-state index < -0.39 is 0 Å². The Kier molecular flexibility index (Phi) is 4.01. The second-order valence-electron chi connectivity index (χ2n) is 8.68. The number of ether oxygens (including phenoxy) is 1. The molecule has 4 rings (SSSR count). The topological polar surface area (TPSA) is 12.5 Å². The molecule has 0 bridgehead atoms. The number of rotatable bonds is 2. The van der Waals surface area contributed by atoms with Crippen LogP contribution in [-0.4, -0.2) is 29.3 Å². The van der Waals surface area contributed by atoms with Crippen LogP contribution in [0.3, 0.4) is 0 Å². The molecule has 5 atom stereocenters. The molecule has 126 valence electrons. The normalized spacial score (nSPS) is 39.7. The Morgan fingerprint density at radius 1 is 1.13 bits per heavy atom. The van der Waals surface area contributed by atoms with E-state index in [1.165, 1.54) is 37.8 Å². The summed E-state index contributed by atoms with van der Waals surface area (Å²) in [4.78, 5) is 2.69. The second-order valence-corrected chi connectivity index (χ2v) is 8.68. The van der Waals surface area contributed by atoms with Gasteiger partial charge >= 0.3 is 0 Å². The molecule has 0 amide bonds. The van der Waals surface area contributed by atoms with Crippen molar-refractivity contribution in [3.05, 3.63) is 35.9 Å². The Hall–Kier alpha value is -0.860. The lowest BCUT2D eigenvalue weighted by atomic mass is 9.70. The molecule has 2 heteroatoms. The van der Waals surface area contributed by atoms with Crippen molar-refractivity contribution in [3.63, 3.8) is 0 Å². The molecule has 1 aromatic rings. The molecular weight excluding hydrogens is 282 g/mol. The van der Waals surface area contributed by atoms with Gasteiger partial charge in [-0.3, -0.25) is 4.90 Å². The molecule has 0 unspecified atom stereocenters. The van der Waals surface area contributed by atoms with E-state index in [4.69, 9.17) is 4.74 Å². The summed E-state index contributed by atoms with van der Waals surface area (Å²) < 4.78 is 6.73. The van der Waals surface area contributed by atoms with E-state index in [1.807, 2.05) is 0 Å². The zero-order valence-corrected chi connectivity index (χ0v) is 14.9. The minimum Gasteiger partial charge on any atom is -0.359 e. The second kappa shape index (κ2) is 5.89. The van der Waals surface area contributed by atoms with Crippen LogP contribution in [0.15, 0.2) is 30.3 Å². The molecule has 0 N–H and O–H groups in total. The van der Waals surface area contributed by atoms with Crippen LogP contribution in [0.2, 0.25) is 0 Å². The Morgan fingerprint density at radius 3 is 2.70 bits per heavy atom. The van der Waals surface area contributed by atoms with E-state index >= 15 is 0 Å². The lowest BCUT2D eigenvalue weighted by Crippen LogP contribution is -2.63. The molecule has 3 aliphatic rings. The summed E-state index contributed by atoms with van der Waals surface area (Å²) in [5, 5.41) is 0. The van der Waals surface area contributed by atoms with Crippen LogP contribution in [-0.2, 0) is 11.2 Å². The SMILES string of the molecule is C[C@@H]1CC[C@@H]2[C@@H](C1)O[C@H]1[C@H](Cc3ccccc3)CCN1C2(C)C. The van der Waals surface area contributed by atoms with Gasteiger partial charge in [0, 0.05) is 23.9 Å². The molecular formula is C21H31NO. The molecule has 1 saturated carbocycles. The van der Waals surface area contributed by atoms with Crippen molar-refractivity contribution < 1.29 is 4.74 Å². The van der Waals surface area contributed by atoms with Gasteiger partial charge in [-0.15, -0.1) is 0 Å². The van der Waals surface area contributed by atoms with Crippen LogP contribution in [0.25, 0.3) is 0 Å². The largest absolute Gasteiger partial charge is 0.359 e. The maximum atomic E-state index is 6.73. The Morgan fingerprint density at radius 2 is 1.91 bits per heavy atom. The predicted molar refractivity (Wildman–Crippen MR) is 94.2 cm³/mol. The summed E-state index contributed by atoms with van der Waals surface area (Å²) >= 11 is 0. The lowest BCUT2D eigenvalue weighted by molar-refractivity contribution is -0.228. The average Bonchev–Trinajstić information content (AvgIpc) is 2.92. The van der Waals surface area contributed by atoms with E-state index in [9.17, 15) is 0 Å².